The number of nitrogens with zero attached hydrogens (tertiary/aromatic N) is 4. The fourth-order valence-electron chi connectivity index (χ4n) is 1.88. The highest BCUT2D eigenvalue weighted by molar-refractivity contribution is 5.98. The van der Waals surface area contributed by atoms with Crippen molar-refractivity contribution in [2.45, 2.75) is 13.3 Å². The number of H-pyrrole nitrogens is 1. The first-order valence-electron chi connectivity index (χ1n) is 5.83. The Balaban J connectivity index is 3.02. The Hall–Kier alpha value is -2.71. The third-order valence-electron chi connectivity index (χ3n) is 3.03. The predicted molar refractivity (Wildman–Crippen MR) is 71.5 cm³/mol. The van der Waals surface area contributed by atoms with Crippen molar-refractivity contribution in [2.24, 2.45) is 19.3 Å². The van der Waals surface area contributed by atoms with Crippen LogP contribution in [-0.4, -0.2) is 30.0 Å². The lowest BCUT2D eigenvalue weighted by Gasteiger charge is -2.07. The van der Waals surface area contributed by atoms with E-state index in [9.17, 15) is 14.4 Å². The molecule has 9 heteroatoms. The largest absolute Gasteiger partial charge is 0.411 e. The lowest BCUT2D eigenvalue weighted by atomic mass is 10.2. The molecule has 0 radical (unpaired) electrons. The van der Waals surface area contributed by atoms with E-state index in [-0.39, 0.29) is 29.0 Å². The van der Waals surface area contributed by atoms with Crippen molar-refractivity contribution in [1.82, 2.24) is 19.1 Å². The third kappa shape index (κ3) is 1.83. The zero-order valence-electron chi connectivity index (χ0n) is 11.2. The van der Waals surface area contributed by atoms with Crippen molar-refractivity contribution < 1.29 is 5.21 Å². The molecule has 0 aliphatic rings. The number of fused-ring (bicyclic) bond motifs is 1. The van der Waals surface area contributed by atoms with Crippen molar-refractivity contribution in [3.63, 3.8) is 0 Å². The second kappa shape index (κ2) is 4.76. The topological polar surface area (TPSA) is 122 Å². The van der Waals surface area contributed by atoms with Gasteiger partial charge in [-0.25, -0.2) is 9.78 Å². The van der Waals surface area contributed by atoms with Gasteiger partial charge in [0, 0.05) is 14.1 Å². The number of oxime groups is 1. The molecule has 2 N–H and O–H groups in total. The highest BCUT2D eigenvalue weighted by Gasteiger charge is 2.16. The van der Waals surface area contributed by atoms with E-state index in [0.29, 0.717) is 0 Å². The van der Waals surface area contributed by atoms with Gasteiger partial charge in [-0.1, -0.05) is 12.1 Å². The normalized spacial score (nSPS) is 12.1. The van der Waals surface area contributed by atoms with Gasteiger partial charge in [0.2, 0.25) is 0 Å². The molecule has 9 nitrogen and oxygen atoms in total. The molecule has 0 aliphatic carbocycles. The molecule has 0 bridgehead atoms. The second-order valence-corrected chi connectivity index (χ2v) is 4.22. The Bertz CT molecular complexity index is 887. The van der Waals surface area contributed by atoms with Crippen LogP contribution in [0.15, 0.2) is 19.5 Å². The first-order valence-corrected chi connectivity index (χ1v) is 5.83. The molecular weight excluding hydrogens is 266 g/mol. The van der Waals surface area contributed by atoms with Gasteiger partial charge in [-0.2, -0.15) is 0 Å². The van der Waals surface area contributed by atoms with Gasteiger partial charge < -0.3 is 10.2 Å². The van der Waals surface area contributed by atoms with Gasteiger partial charge in [0.15, 0.2) is 16.9 Å². The molecule has 0 amide bonds. The van der Waals surface area contributed by atoms with Crippen LogP contribution in [0.2, 0.25) is 0 Å². The number of aromatic nitrogens is 4. The molecule has 0 spiro atoms. The Labute approximate surface area is 111 Å². The third-order valence-corrected chi connectivity index (χ3v) is 3.03. The van der Waals surface area contributed by atoms with Crippen LogP contribution in [0.25, 0.3) is 11.2 Å². The maximum atomic E-state index is 11.9. The summed E-state index contributed by atoms with van der Waals surface area (Å²) in [6.07, 6.45) is 0.275. The monoisotopic (exact) mass is 279 g/mol. The van der Waals surface area contributed by atoms with Crippen molar-refractivity contribution in [2.75, 3.05) is 0 Å². The lowest BCUT2D eigenvalue weighted by molar-refractivity contribution is 0.318. The van der Waals surface area contributed by atoms with Crippen molar-refractivity contribution >= 4 is 16.9 Å². The highest BCUT2D eigenvalue weighted by atomic mass is 16.4. The number of nitrogens with one attached hydrogen (secondary N) is 1. The molecule has 0 saturated carbocycles. The molecule has 0 fully saturated rings. The maximum Gasteiger partial charge on any atom is 0.332 e. The molecule has 106 valence electrons. The van der Waals surface area contributed by atoms with E-state index in [1.165, 1.54) is 14.1 Å². The first kappa shape index (κ1) is 13.7. The Morgan fingerprint density at radius 2 is 1.95 bits per heavy atom. The van der Waals surface area contributed by atoms with Gasteiger partial charge in [-0.05, 0) is 6.42 Å². The Kier molecular flexibility index (Phi) is 3.26. The van der Waals surface area contributed by atoms with E-state index < -0.39 is 16.8 Å². The molecule has 0 unspecified atom stereocenters. The summed E-state index contributed by atoms with van der Waals surface area (Å²) in [5, 5.41) is 11.9. The number of hydrogen-bond donors (Lipinski definition) is 2. The number of rotatable bonds is 2. The fourth-order valence-corrected chi connectivity index (χ4v) is 1.88. The minimum absolute atomic E-state index is 0.0299. The van der Waals surface area contributed by atoms with Crippen LogP contribution in [0.1, 0.15) is 19.0 Å². The molecule has 2 aromatic heterocycles. The molecule has 0 aliphatic heterocycles. The predicted octanol–water partition coefficient (Wildman–Crippen LogP) is -1.09. The van der Waals surface area contributed by atoms with Crippen molar-refractivity contribution in [1.29, 1.82) is 0 Å². The van der Waals surface area contributed by atoms with Crippen LogP contribution in [-0.2, 0) is 14.1 Å². The van der Waals surface area contributed by atoms with Crippen molar-refractivity contribution in [3.8, 4) is 0 Å². The smallest absolute Gasteiger partial charge is 0.332 e. The average Bonchev–Trinajstić information content (AvgIpc) is 2.45. The van der Waals surface area contributed by atoms with E-state index in [0.717, 1.165) is 9.13 Å². The molecule has 0 aromatic carbocycles. The van der Waals surface area contributed by atoms with Gasteiger partial charge in [0.1, 0.15) is 5.71 Å². The molecule has 2 rings (SSSR count). The van der Waals surface area contributed by atoms with E-state index >= 15 is 0 Å². The second-order valence-electron chi connectivity index (χ2n) is 4.22. The summed E-state index contributed by atoms with van der Waals surface area (Å²) in [4.78, 5) is 42.0. The van der Waals surface area contributed by atoms with Crippen LogP contribution >= 0.6 is 0 Å². The van der Waals surface area contributed by atoms with Crippen LogP contribution < -0.4 is 16.8 Å². The molecule has 2 heterocycles. The standard InChI is InChI=1S/C11H13N5O4/c1-4-5(14-20)6-9(17)13-7-8(12-6)15(2)11(19)16(3)10(7)18/h20H,4H2,1-3H3,(H,13,17). The molecule has 20 heavy (non-hydrogen) atoms. The maximum absolute atomic E-state index is 11.9. The zero-order valence-corrected chi connectivity index (χ0v) is 11.2. The zero-order chi connectivity index (χ0) is 15.0. The lowest BCUT2D eigenvalue weighted by Crippen LogP contribution is -2.39. The van der Waals surface area contributed by atoms with Gasteiger partial charge in [-0.3, -0.25) is 18.7 Å². The van der Waals surface area contributed by atoms with Crippen LogP contribution in [0.4, 0.5) is 0 Å². The summed E-state index contributed by atoms with van der Waals surface area (Å²) < 4.78 is 2.02. The number of aromatic amines is 1. The van der Waals surface area contributed by atoms with E-state index in [1.807, 2.05) is 0 Å². The Morgan fingerprint density at radius 1 is 1.30 bits per heavy atom. The average molecular weight is 279 g/mol. The quantitative estimate of drug-likeness (QED) is 0.411. The van der Waals surface area contributed by atoms with Gasteiger partial charge in [0.25, 0.3) is 11.1 Å². The molecule has 0 saturated heterocycles. The summed E-state index contributed by atoms with van der Waals surface area (Å²) in [5.74, 6) is 0. The highest BCUT2D eigenvalue weighted by Crippen LogP contribution is 2.01. The van der Waals surface area contributed by atoms with Gasteiger partial charge >= 0.3 is 5.69 Å². The van der Waals surface area contributed by atoms with Crippen LogP contribution in [0.3, 0.4) is 0 Å². The SMILES string of the molecule is CCC(=NO)c1nc2c([nH]c1=O)c(=O)n(C)c(=O)n2C. The number of aryl methyl sites for hydroxylation is 1. The van der Waals surface area contributed by atoms with Crippen molar-refractivity contribution in [3.05, 3.63) is 36.9 Å². The van der Waals surface area contributed by atoms with Crippen LogP contribution in [0, 0.1) is 0 Å². The van der Waals surface area contributed by atoms with Gasteiger partial charge in [-0.15, -0.1) is 0 Å². The molecule has 2 aromatic rings. The summed E-state index contributed by atoms with van der Waals surface area (Å²) in [7, 11) is 2.74. The minimum Gasteiger partial charge on any atom is -0.411 e. The Morgan fingerprint density at radius 3 is 2.50 bits per heavy atom. The summed E-state index contributed by atoms with van der Waals surface area (Å²) in [6.45, 7) is 1.68. The van der Waals surface area contributed by atoms with E-state index in [2.05, 4.69) is 15.1 Å². The summed E-state index contributed by atoms with van der Waals surface area (Å²) >= 11 is 0. The molecule has 0 atom stereocenters. The first-order chi connectivity index (χ1) is 9.42. The summed E-state index contributed by atoms with van der Waals surface area (Å²) in [5.41, 5.74) is -1.95. The summed E-state index contributed by atoms with van der Waals surface area (Å²) in [6, 6.07) is 0. The minimum atomic E-state index is -0.650. The van der Waals surface area contributed by atoms with E-state index in [1.54, 1.807) is 6.92 Å². The van der Waals surface area contributed by atoms with Gasteiger partial charge in [0.05, 0.1) is 0 Å². The number of hydrogen-bond acceptors (Lipinski definition) is 6. The fraction of sp³-hybridized carbons (Fsp3) is 0.364. The molecular formula is C11H13N5O4. The van der Waals surface area contributed by atoms with Crippen LogP contribution in [0.5, 0.6) is 0 Å². The van der Waals surface area contributed by atoms with E-state index in [4.69, 9.17) is 5.21 Å².